The van der Waals surface area contributed by atoms with Crippen molar-refractivity contribution in [3.05, 3.63) is 101 Å². The van der Waals surface area contributed by atoms with Crippen molar-refractivity contribution in [2.75, 3.05) is 0 Å². The van der Waals surface area contributed by atoms with E-state index in [-0.39, 0.29) is 11.9 Å². The minimum Gasteiger partial charge on any atom is -0.344 e. The Hall–Kier alpha value is -3.66. The molecule has 0 saturated heterocycles. The number of hydrogen-bond donors (Lipinski definition) is 1. The molecule has 5 rings (SSSR count). The van der Waals surface area contributed by atoms with E-state index in [0.29, 0.717) is 12.2 Å². The fraction of sp³-hybridized carbons (Fsp3) is 0.267. The van der Waals surface area contributed by atoms with E-state index in [0.717, 1.165) is 53.9 Å². The maximum absolute atomic E-state index is 14.0. The molecule has 1 heterocycles. The molecule has 1 N–H and O–H groups in total. The molecule has 4 nitrogen and oxygen atoms in total. The summed E-state index contributed by atoms with van der Waals surface area (Å²) in [4.78, 5) is 19.0. The molecule has 1 aliphatic carbocycles. The highest BCUT2D eigenvalue weighted by Gasteiger charge is 2.27. The Morgan fingerprint density at radius 2 is 1.74 bits per heavy atom. The Labute approximate surface area is 201 Å². The Morgan fingerprint density at radius 1 is 0.971 bits per heavy atom. The first-order valence-electron chi connectivity index (χ1n) is 12.3. The van der Waals surface area contributed by atoms with Gasteiger partial charge >= 0.3 is 0 Å². The van der Waals surface area contributed by atoms with Crippen molar-refractivity contribution in [2.24, 2.45) is 0 Å². The van der Waals surface area contributed by atoms with Crippen LogP contribution in [0.2, 0.25) is 0 Å². The first kappa shape index (κ1) is 22.1. The van der Waals surface area contributed by atoms with Crippen molar-refractivity contribution in [3.8, 4) is 22.6 Å². The third-order valence-electron chi connectivity index (χ3n) is 6.75. The van der Waals surface area contributed by atoms with Gasteiger partial charge in [0.1, 0.15) is 17.2 Å². The van der Waals surface area contributed by atoms with E-state index < -0.39 is 0 Å². The van der Waals surface area contributed by atoms with E-state index >= 15 is 0 Å². The highest BCUT2D eigenvalue weighted by molar-refractivity contribution is 6.00. The third kappa shape index (κ3) is 4.28. The molecule has 0 spiro atoms. The number of nitrogens with one attached hydrogen (secondary N) is 1. The molecule has 1 unspecified atom stereocenters. The van der Waals surface area contributed by atoms with Crippen molar-refractivity contribution in [1.29, 1.82) is 0 Å². The monoisotopic (exact) mass is 449 g/mol. The number of aryl methyl sites for hydroxylation is 2. The third-order valence-corrected chi connectivity index (χ3v) is 6.75. The van der Waals surface area contributed by atoms with E-state index in [4.69, 9.17) is 4.98 Å². The van der Waals surface area contributed by atoms with Gasteiger partial charge in [0.15, 0.2) is 0 Å². The van der Waals surface area contributed by atoms with E-state index in [2.05, 4.69) is 72.3 Å². The van der Waals surface area contributed by atoms with Crippen molar-refractivity contribution >= 4 is 5.91 Å². The van der Waals surface area contributed by atoms with E-state index in [1.54, 1.807) is 0 Å². The lowest BCUT2D eigenvalue weighted by Gasteiger charge is -2.20. The van der Waals surface area contributed by atoms with Gasteiger partial charge in [0.05, 0.1) is 6.04 Å². The molecule has 4 heteroatoms. The van der Waals surface area contributed by atoms with Gasteiger partial charge in [-0.05, 0) is 50.3 Å². The molecule has 0 radical (unpaired) electrons. The summed E-state index contributed by atoms with van der Waals surface area (Å²) in [6.45, 7) is 4.81. The van der Waals surface area contributed by atoms with Gasteiger partial charge in [0, 0.05) is 17.7 Å². The molecule has 0 fully saturated rings. The van der Waals surface area contributed by atoms with Gasteiger partial charge in [-0.2, -0.15) is 0 Å². The highest BCUT2D eigenvalue weighted by Crippen LogP contribution is 2.32. The predicted molar refractivity (Wildman–Crippen MR) is 138 cm³/mol. The first-order chi connectivity index (χ1) is 16.7. The number of fused-ring (bicyclic) bond motifs is 1. The van der Waals surface area contributed by atoms with Gasteiger partial charge in [-0.15, -0.1) is 0 Å². The van der Waals surface area contributed by atoms with Crippen molar-refractivity contribution in [1.82, 2.24) is 14.9 Å². The minimum atomic E-state index is -0.0604. The largest absolute Gasteiger partial charge is 0.344 e. The second-order valence-corrected chi connectivity index (χ2v) is 9.08. The molecule has 0 bridgehead atoms. The van der Waals surface area contributed by atoms with Crippen LogP contribution in [0.25, 0.3) is 22.6 Å². The molecule has 1 amide bonds. The van der Waals surface area contributed by atoms with E-state index in [1.807, 2.05) is 30.3 Å². The Morgan fingerprint density at radius 3 is 2.53 bits per heavy atom. The van der Waals surface area contributed by atoms with Crippen LogP contribution in [0.4, 0.5) is 0 Å². The zero-order valence-electron chi connectivity index (χ0n) is 19.9. The van der Waals surface area contributed by atoms with Gasteiger partial charge < -0.3 is 9.88 Å². The summed E-state index contributed by atoms with van der Waals surface area (Å²) in [6, 6.07) is 26.9. The first-order valence-corrected chi connectivity index (χ1v) is 12.3. The molecule has 3 aromatic carbocycles. The summed E-state index contributed by atoms with van der Waals surface area (Å²) in [5.41, 5.74) is 7.09. The Kier molecular flexibility index (Phi) is 6.31. The summed E-state index contributed by atoms with van der Waals surface area (Å²) in [5.74, 6) is 0.765. The lowest BCUT2D eigenvalue weighted by Crippen LogP contribution is -2.31. The molecule has 1 atom stereocenters. The van der Waals surface area contributed by atoms with E-state index in [9.17, 15) is 4.79 Å². The fourth-order valence-electron chi connectivity index (χ4n) is 5.09. The smallest absolute Gasteiger partial charge is 0.270 e. The summed E-state index contributed by atoms with van der Waals surface area (Å²) >= 11 is 0. The van der Waals surface area contributed by atoms with Crippen molar-refractivity contribution in [2.45, 2.75) is 52.1 Å². The predicted octanol–water partition coefficient (Wildman–Crippen LogP) is 6.74. The van der Waals surface area contributed by atoms with Crippen molar-refractivity contribution in [3.63, 3.8) is 0 Å². The standard InChI is InChI=1S/C30H31N3O/c1-3-33-28(30(34)31-26-19-10-8-14-22-13-7-9-18-25(22)26)27(24-17-11-12-21(2)20-24)32-29(33)23-15-5-4-6-16-23/h4-7,9,11-13,15-18,20,26H,3,8,10,14,19H2,1-2H3,(H,31,34). The zero-order valence-corrected chi connectivity index (χ0v) is 19.9. The molecule has 172 valence electrons. The average Bonchev–Trinajstić information content (AvgIpc) is 3.15. The summed E-state index contributed by atoms with van der Waals surface area (Å²) in [5, 5.41) is 3.40. The van der Waals surface area contributed by atoms with Gasteiger partial charge in [0.2, 0.25) is 0 Å². The Balaban J connectivity index is 1.61. The van der Waals surface area contributed by atoms with Crippen LogP contribution >= 0.6 is 0 Å². The van der Waals surface area contributed by atoms with Crippen molar-refractivity contribution < 1.29 is 4.79 Å². The Bertz CT molecular complexity index is 1310. The van der Waals surface area contributed by atoms with Crippen LogP contribution in [0.15, 0.2) is 78.9 Å². The SMILES string of the molecule is CCn1c(-c2ccccc2)nc(-c2cccc(C)c2)c1C(=O)NC1CCCCc2ccccc21. The number of benzene rings is 3. The number of hydrogen-bond acceptors (Lipinski definition) is 2. The maximum Gasteiger partial charge on any atom is 0.270 e. The lowest BCUT2D eigenvalue weighted by atomic mass is 9.99. The van der Waals surface area contributed by atoms with Crippen LogP contribution in [-0.4, -0.2) is 15.5 Å². The van der Waals surface area contributed by atoms with Crippen LogP contribution in [-0.2, 0) is 13.0 Å². The molecule has 0 aliphatic heterocycles. The number of rotatable bonds is 5. The maximum atomic E-state index is 14.0. The topological polar surface area (TPSA) is 46.9 Å². The number of imidazole rings is 1. The normalized spacial score (nSPS) is 15.4. The highest BCUT2D eigenvalue weighted by atomic mass is 16.2. The summed E-state index contributed by atoms with van der Waals surface area (Å²) in [6.07, 6.45) is 4.28. The van der Waals surface area contributed by atoms with Crippen LogP contribution in [0.3, 0.4) is 0 Å². The van der Waals surface area contributed by atoms with Gasteiger partial charge in [-0.1, -0.05) is 84.8 Å². The average molecular weight is 450 g/mol. The number of nitrogens with zero attached hydrogens (tertiary/aromatic N) is 2. The van der Waals surface area contributed by atoms with Crippen LogP contribution < -0.4 is 5.32 Å². The fourth-order valence-corrected chi connectivity index (χ4v) is 5.09. The second kappa shape index (κ2) is 9.68. The molecule has 34 heavy (non-hydrogen) atoms. The molecular formula is C30H31N3O. The number of carbonyl (C=O) groups excluding carboxylic acids is 1. The van der Waals surface area contributed by atoms with Gasteiger partial charge in [-0.25, -0.2) is 4.98 Å². The number of amides is 1. The molecule has 1 aliphatic rings. The summed E-state index contributed by atoms with van der Waals surface area (Å²) < 4.78 is 2.06. The number of aromatic nitrogens is 2. The lowest BCUT2D eigenvalue weighted by molar-refractivity contribution is 0.0926. The zero-order chi connectivity index (χ0) is 23.5. The molecular weight excluding hydrogens is 418 g/mol. The van der Waals surface area contributed by atoms with Crippen LogP contribution in [0.1, 0.15) is 59.4 Å². The van der Waals surface area contributed by atoms with Crippen LogP contribution in [0, 0.1) is 6.92 Å². The molecule has 4 aromatic rings. The molecule has 1 aromatic heterocycles. The number of carbonyl (C=O) groups is 1. The second-order valence-electron chi connectivity index (χ2n) is 9.08. The van der Waals surface area contributed by atoms with E-state index in [1.165, 1.54) is 11.1 Å². The van der Waals surface area contributed by atoms with Crippen LogP contribution in [0.5, 0.6) is 0 Å². The van der Waals surface area contributed by atoms with Gasteiger partial charge in [0.25, 0.3) is 5.91 Å². The minimum absolute atomic E-state index is 0.0111. The quantitative estimate of drug-likeness (QED) is 0.343. The summed E-state index contributed by atoms with van der Waals surface area (Å²) in [7, 11) is 0. The molecule has 0 saturated carbocycles. The van der Waals surface area contributed by atoms with Gasteiger partial charge in [-0.3, -0.25) is 4.79 Å².